The van der Waals surface area contributed by atoms with Crippen molar-refractivity contribution in [3.8, 4) is 11.3 Å². The third kappa shape index (κ3) is 8.48. The zero-order valence-electron chi connectivity index (χ0n) is 30.7. The molecule has 0 aliphatic heterocycles. The van der Waals surface area contributed by atoms with Crippen LogP contribution in [0.1, 0.15) is 27.7 Å². The van der Waals surface area contributed by atoms with Gasteiger partial charge in [-0.2, -0.15) is 0 Å². The predicted octanol–water partition coefficient (Wildman–Crippen LogP) is 8.19. The number of benzene rings is 2. The van der Waals surface area contributed by atoms with Gasteiger partial charge in [0.25, 0.3) is 10.9 Å². The van der Waals surface area contributed by atoms with Gasteiger partial charge in [-0.05, 0) is 80.3 Å². The number of thiophene rings is 2. The fraction of sp³-hybridized carbons (Fsp3) is 0.158. The van der Waals surface area contributed by atoms with Gasteiger partial charge in [0.1, 0.15) is 27.8 Å². The average molecular weight is 846 g/mol. The third-order valence-electron chi connectivity index (χ3n) is 9.14. The predicted molar refractivity (Wildman–Crippen MR) is 222 cm³/mol. The Morgan fingerprint density at radius 1 is 0.776 bits per heavy atom. The molecule has 6 heterocycles. The Morgan fingerprint density at radius 2 is 1.29 bits per heavy atom. The Labute approximate surface area is 339 Å². The number of aromatic amines is 2. The number of pyridine rings is 4. The maximum absolute atomic E-state index is 13.8. The highest BCUT2D eigenvalue weighted by molar-refractivity contribution is 7.18. The Balaban J connectivity index is 0.000000151. The highest BCUT2D eigenvalue weighted by Gasteiger charge is 2.36. The number of H-pyrrole nitrogens is 2. The monoisotopic (exact) mass is 845 g/mol. The number of aliphatic hydroxyl groups is 1. The van der Waals surface area contributed by atoms with Crippen LogP contribution in [0.5, 0.6) is 0 Å². The van der Waals surface area contributed by atoms with Gasteiger partial charge >= 0.3 is 18.9 Å². The Morgan fingerprint density at radius 3 is 1.86 bits per heavy atom. The van der Waals surface area contributed by atoms with Crippen molar-refractivity contribution in [1.82, 2.24) is 19.9 Å². The first-order valence-corrected chi connectivity index (χ1v) is 19.1. The minimum Gasteiger partial charge on any atom is -0.427 e. The molecule has 0 saturated heterocycles. The first kappa shape index (κ1) is 41.6. The lowest BCUT2D eigenvalue weighted by atomic mass is 9.82. The second-order valence-corrected chi connectivity index (χ2v) is 15.7. The molecular formula is C38H29BClF2N6O8S2. The van der Waals surface area contributed by atoms with E-state index in [0.717, 1.165) is 23.2 Å². The summed E-state index contributed by atoms with van der Waals surface area (Å²) < 4.78 is 34.2. The van der Waals surface area contributed by atoms with E-state index in [2.05, 4.69) is 19.9 Å². The zero-order valence-corrected chi connectivity index (χ0v) is 33.1. The molecule has 6 aromatic heterocycles. The van der Waals surface area contributed by atoms with Gasteiger partial charge in [-0.25, -0.2) is 18.7 Å². The number of hydrogen-bond donors (Lipinski definition) is 3. The van der Waals surface area contributed by atoms with Crippen LogP contribution in [0.2, 0.25) is 5.15 Å². The lowest BCUT2D eigenvalue weighted by Crippen LogP contribution is -2.49. The van der Waals surface area contributed by atoms with E-state index in [0.29, 0.717) is 37.1 Å². The third-order valence-corrected chi connectivity index (χ3v) is 11.4. The maximum atomic E-state index is 13.8. The van der Waals surface area contributed by atoms with Crippen LogP contribution in [-0.4, -0.2) is 53.6 Å². The minimum absolute atomic E-state index is 0.0162. The standard InChI is InChI=1S/C16H8FN3O3S.C14H17BFO2S.C8H4ClN3O3/c17-10-3-1-2-8-9(7-24-16(8)10)11-4-5-12-14(19-11)15(21)13(6-18-12)20(22)23;1-13(2,17)14(3,4)18-15-10-8-19-12-9(10)6-5-7-11(12)16;9-6-2-1-4-7(11-6)8(13)5(3-10-4)12(14)15/h1-7H,(H,18,21);5-8,17H,1-4H3;1-3H,(H,10,13). The molecule has 0 atom stereocenters. The van der Waals surface area contributed by atoms with Gasteiger partial charge < -0.3 is 19.7 Å². The molecule has 2 aromatic carbocycles. The van der Waals surface area contributed by atoms with E-state index < -0.39 is 43.3 Å². The molecule has 0 saturated carbocycles. The Bertz CT molecular complexity index is 3000. The van der Waals surface area contributed by atoms with E-state index >= 15 is 0 Å². The van der Waals surface area contributed by atoms with Gasteiger partial charge in [0.15, 0.2) is 0 Å². The van der Waals surface area contributed by atoms with Crippen molar-refractivity contribution >= 4 is 101 Å². The van der Waals surface area contributed by atoms with Gasteiger partial charge in [0, 0.05) is 16.3 Å². The molecule has 8 aromatic rings. The summed E-state index contributed by atoms with van der Waals surface area (Å²) in [6, 6.07) is 16.1. The molecule has 58 heavy (non-hydrogen) atoms. The second-order valence-electron chi connectivity index (χ2n) is 13.5. The molecule has 295 valence electrons. The van der Waals surface area contributed by atoms with Crippen LogP contribution < -0.4 is 16.3 Å². The van der Waals surface area contributed by atoms with Crippen LogP contribution >= 0.6 is 34.3 Å². The normalized spacial score (nSPS) is 11.6. The number of nitro groups is 2. The summed E-state index contributed by atoms with van der Waals surface area (Å²) in [5.41, 5.74) is -1.55. The molecule has 3 N–H and O–H groups in total. The van der Waals surface area contributed by atoms with E-state index in [1.54, 1.807) is 57.0 Å². The molecule has 0 spiro atoms. The average Bonchev–Trinajstić information content (AvgIpc) is 3.80. The van der Waals surface area contributed by atoms with Crippen molar-refractivity contribution in [3.63, 3.8) is 0 Å². The van der Waals surface area contributed by atoms with Crippen LogP contribution in [0.25, 0.3) is 53.5 Å². The maximum Gasteiger partial charge on any atom is 0.334 e. The molecule has 0 aliphatic carbocycles. The largest absolute Gasteiger partial charge is 0.427 e. The van der Waals surface area contributed by atoms with Crippen LogP contribution in [0.15, 0.2) is 93.4 Å². The van der Waals surface area contributed by atoms with Crippen LogP contribution in [0, 0.1) is 31.9 Å². The SMILES string of the molecule is CC(C)(O)C(C)(C)O[B]c1csc2c(F)cccc12.O=c1c([N+](=O)[O-])c[nH]c2ccc(-c3csc4c(F)cccc34)nc12.O=c1c([N+](=O)[O-])c[nH]c2ccc(Cl)nc12. The van der Waals surface area contributed by atoms with Gasteiger partial charge in [0.2, 0.25) is 0 Å². The highest BCUT2D eigenvalue weighted by atomic mass is 35.5. The lowest BCUT2D eigenvalue weighted by molar-refractivity contribution is -0.386. The minimum atomic E-state index is -0.972. The van der Waals surface area contributed by atoms with E-state index in [4.69, 9.17) is 16.3 Å². The highest BCUT2D eigenvalue weighted by Crippen LogP contribution is 2.35. The number of hydrogen-bond acceptors (Lipinski definition) is 12. The fourth-order valence-electron chi connectivity index (χ4n) is 5.27. The van der Waals surface area contributed by atoms with Crippen molar-refractivity contribution in [1.29, 1.82) is 0 Å². The summed E-state index contributed by atoms with van der Waals surface area (Å²) in [6.07, 6.45) is 2.10. The Hall–Kier alpha value is -5.99. The topological polar surface area (TPSA) is 207 Å². The summed E-state index contributed by atoms with van der Waals surface area (Å²) in [5, 5.41) is 36.7. The molecule has 0 bridgehead atoms. The first-order valence-electron chi connectivity index (χ1n) is 16.9. The molecule has 1 radical (unpaired) electrons. The van der Waals surface area contributed by atoms with Gasteiger partial charge in [-0.1, -0.05) is 35.9 Å². The van der Waals surface area contributed by atoms with E-state index in [-0.39, 0.29) is 27.8 Å². The summed E-state index contributed by atoms with van der Waals surface area (Å²) in [5.74, 6) is -0.540. The quantitative estimate of drug-likeness (QED) is 0.0607. The molecule has 0 aliphatic rings. The van der Waals surface area contributed by atoms with Gasteiger partial charge in [0.05, 0.1) is 59.6 Å². The first-order chi connectivity index (χ1) is 27.4. The number of halogens is 3. The van der Waals surface area contributed by atoms with Crippen molar-refractivity contribution in [2.24, 2.45) is 0 Å². The van der Waals surface area contributed by atoms with Crippen molar-refractivity contribution in [2.45, 2.75) is 38.9 Å². The molecular weight excluding hydrogens is 817 g/mol. The van der Waals surface area contributed by atoms with Crippen LogP contribution in [0.4, 0.5) is 20.2 Å². The van der Waals surface area contributed by atoms with E-state index in [1.165, 1.54) is 46.9 Å². The second kappa shape index (κ2) is 16.5. The molecule has 0 amide bonds. The number of fused-ring (bicyclic) bond motifs is 4. The summed E-state index contributed by atoms with van der Waals surface area (Å²) in [7, 11) is 1.59. The molecule has 8 rings (SSSR count). The summed E-state index contributed by atoms with van der Waals surface area (Å²) in [6.45, 7) is 7.04. The van der Waals surface area contributed by atoms with E-state index in [9.17, 15) is 43.7 Å². The zero-order chi connectivity index (χ0) is 42.1. The van der Waals surface area contributed by atoms with Gasteiger partial charge in [-0.3, -0.25) is 29.8 Å². The summed E-state index contributed by atoms with van der Waals surface area (Å²) in [4.78, 5) is 57.0. The summed E-state index contributed by atoms with van der Waals surface area (Å²) >= 11 is 8.18. The molecule has 14 nitrogen and oxygen atoms in total. The van der Waals surface area contributed by atoms with Gasteiger partial charge in [-0.15, -0.1) is 22.7 Å². The number of rotatable bonds is 7. The van der Waals surface area contributed by atoms with Crippen LogP contribution in [0.3, 0.4) is 0 Å². The smallest absolute Gasteiger partial charge is 0.334 e. The van der Waals surface area contributed by atoms with Crippen molar-refractivity contribution in [3.05, 3.63) is 141 Å². The van der Waals surface area contributed by atoms with Crippen molar-refractivity contribution < 1.29 is 28.4 Å². The number of nitrogens with zero attached hydrogens (tertiary/aromatic N) is 4. The van der Waals surface area contributed by atoms with Crippen molar-refractivity contribution in [2.75, 3.05) is 0 Å². The molecule has 0 unspecified atom stereocenters. The number of nitrogens with one attached hydrogen (secondary N) is 2. The van der Waals surface area contributed by atoms with E-state index in [1.807, 2.05) is 25.3 Å². The fourth-order valence-corrected chi connectivity index (χ4v) is 7.31. The Kier molecular flexibility index (Phi) is 11.8. The lowest BCUT2D eigenvalue weighted by Gasteiger charge is -2.37. The number of aromatic nitrogens is 4. The molecule has 0 fully saturated rings. The van der Waals surface area contributed by atoms with Crippen LogP contribution in [-0.2, 0) is 4.65 Å². The molecule has 20 heteroatoms.